The SMILES string of the molecule is COc1cccc(CN2C(=O)c3cc(-c4cccs4)nn3C[C@]2(C)C(=O)NCc2ccccc2)c1. The highest BCUT2D eigenvalue weighted by Gasteiger charge is 2.48. The number of hydrogen-bond donors (Lipinski definition) is 1. The molecule has 2 amide bonds. The Labute approximate surface area is 208 Å². The first-order valence-electron chi connectivity index (χ1n) is 11.4. The van der Waals surface area contributed by atoms with E-state index in [9.17, 15) is 9.59 Å². The van der Waals surface area contributed by atoms with Gasteiger partial charge in [0.2, 0.25) is 5.91 Å². The molecule has 35 heavy (non-hydrogen) atoms. The molecule has 0 unspecified atom stereocenters. The van der Waals surface area contributed by atoms with Gasteiger partial charge in [0.1, 0.15) is 22.7 Å². The predicted molar refractivity (Wildman–Crippen MR) is 135 cm³/mol. The van der Waals surface area contributed by atoms with E-state index in [1.807, 2.05) is 78.2 Å². The quantitative estimate of drug-likeness (QED) is 0.421. The summed E-state index contributed by atoms with van der Waals surface area (Å²) in [5.41, 5.74) is 1.95. The first-order valence-corrected chi connectivity index (χ1v) is 12.2. The van der Waals surface area contributed by atoms with Crippen LogP contribution in [0.5, 0.6) is 5.75 Å². The van der Waals surface area contributed by atoms with Gasteiger partial charge in [-0.3, -0.25) is 14.3 Å². The summed E-state index contributed by atoms with van der Waals surface area (Å²) in [6.45, 7) is 2.71. The van der Waals surface area contributed by atoms with Crippen LogP contribution in [0.15, 0.2) is 78.2 Å². The molecule has 0 spiro atoms. The molecule has 178 valence electrons. The van der Waals surface area contributed by atoms with E-state index < -0.39 is 5.54 Å². The molecule has 1 aliphatic heterocycles. The number of ether oxygens (including phenoxy) is 1. The fourth-order valence-electron chi connectivity index (χ4n) is 4.36. The van der Waals surface area contributed by atoms with Gasteiger partial charge in [0, 0.05) is 13.1 Å². The number of carbonyl (C=O) groups excluding carboxylic acids is 2. The molecule has 0 bridgehead atoms. The lowest BCUT2D eigenvalue weighted by Gasteiger charge is -2.43. The number of carbonyl (C=O) groups is 2. The van der Waals surface area contributed by atoms with Crippen LogP contribution >= 0.6 is 11.3 Å². The highest BCUT2D eigenvalue weighted by atomic mass is 32.1. The lowest BCUT2D eigenvalue weighted by molar-refractivity contribution is -0.133. The van der Waals surface area contributed by atoms with E-state index in [4.69, 9.17) is 4.74 Å². The summed E-state index contributed by atoms with van der Waals surface area (Å²) >= 11 is 1.57. The summed E-state index contributed by atoms with van der Waals surface area (Å²) in [6, 6.07) is 23.0. The number of amides is 2. The summed E-state index contributed by atoms with van der Waals surface area (Å²) in [6.07, 6.45) is 0. The van der Waals surface area contributed by atoms with Gasteiger partial charge in [0.25, 0.3) is 5.91 Å². The number of benzene rings is 2. The minimum Gasteiger partial charge on any atom is -0.497 e. The van der Waals surface area contributed by atoms with Crippen LogP contribution in [0.2, 0.25) is 0 Å². The van der Waals surface area contributed by atoms with Gasteiger partial charge in [-0.05, 0) is 47.7 Å². The predicted octanol–water partition coefficient (Wildman–Crippen LogP) is 4.35. The number of nitrogens with one attached hydrogen (secondary N) is 1. The largest absolute Gasteiger partial charge is 0.497 e. The zero-order valence-electron chi connectivity index (χ0n) is 19.6. The highest BCUT2D eigenvalue weighted by molar-refractivity contribution is 7.13. The Morgan fingerprint density at radius 1 is 1.09 bits per heavy atom. The van der Waals surface area contributed by atoms with Crippen LogP contribution in [0.4, 0.5) is 0 Å². The Balaban J connectivity index is 1.50. The van der Waals surface area contributed by atoms with Crippen LogP contribution in [0.1, 0.15) is 28.5 Å². The molecule has 0 saturated carbocycles. The Morgan fingerprint density at radius 2 is 1.89 bits per heavy atom. The number of hydrogen-bond acceptors (Lipinski definition) is 5. The van der Waals surface area contributed by atoms with E-state index >= 15 is 0 Å². The third-order valence-electron chi connectivity index (χ3n) is 6.33. The van der Waals surface area contributed by atoms with Gasteiger partial charge >= 0.3 is 0 Å². The van der Waals surface area contributed by atoms with E-state index in [2.05, 4.69) is 10.4 Å². The van der Waals surface area contributed by atoms with E-state index in [1.165, 1.54) is 0 Å². The number of methoxy groups -OCH3 is 1. The van der Waals surface area contributed by atoms with Gasteiger partial charge in [-0.1, -0.05) is 48.5 Å². The first-order chi connectivity index (χ1) is 17.0. The minimum atomic E-state index is -1.14. The monoisotopic (exact) mass is 486 g/mol. The van der Waals surface area contributed by atoms with Crippen molar-refractivity contribution in [2.75, 3.05) is 7.11 Å². The van der Waals surface area contributed by atoms with Crippen molar-refractivity contribution in [3.8, 4) is 16.3 Å². The third kappa shape index (κ3) is 4.44. The smallest absolute Gasteiger partial charge is 0.273 e. The van der Waals surface area contributed by atoms with Gasteiger partial charge in [-0.25, -0.2) is 0 Å². The molecule has 2 aromatic carbocycles. The molecule has 0 fully saturated rings. The van der Waals surface area contributed by atoms with Gasteiger partial charge in [0.15, 0.2) is 0 Å². The molecule has 8 heteroatoms. The fraction of sp³-hybridized carbons (Fsp3) is 0.222. The molecule has 7 nitrogen and oxygen atoms in total. The molecule has 3 heterocycles. The van der Waals surface area contributed by atoms with Crippen LogP contribution in [-0.2, 0) is 24.4 Å². The van der Waals surface area contributed by atoms with Crippen molar-refractivity contribution in [1.29, 1.82) is 0 Å². The maximum Gasteiger partial charge on any atom is 0.273 e. The molecule has 2 aromatic heterocycles. The zero-order chi connectivity index (χ0) is 24.4. The van der Waals surface area contributed by atoms with Gasteiger partial charge in [-0.2, -0.15) is 5.10 Å². The summed E-state index contributed by atoms with van der Waals surface area (Å²) in [5, 5.41) is 9.70. The Hall–Kier alpha value is -3.91. The van der Waals surface area contributed by atoms with E-state index in [0.29, 0.717) is 18.0 Å². The first kappa shape index (κ1) is 22.9. The minimum absolute atomic E-state index is 0.226. The second-order valence-corrected chi connectivity index (χ2v) is 9.68. The number of fused-ring (bicyclic) bond motifs is 1. The maximum absolute atomic E-state index is 13.8. The van der Waals surface area contributed by atoms with Crippen molar-refractivity contribution in [3.63, 3.8) is 0 Å². The molecule has 0 aliphatic carbocycles. The van der Waals surface area contributed by atoms with Crippen molar-refractivity contribution in [3.05, 3.63) is 95.0 Å². The Kier molecular flexibility index (Phi) is 6.13. The Morgan fingerprint density at radius 3 is 2.63 bits per heavy atom. The zero-order valence-corrected chi connectivity index (χ0v) is 20.4. The van der Waals surface area contributed by atoms with Crippen molar-refractivity contribution in [1.82, 2.24) is 20.0 Å². The van der Waals surface area contributed by atoms with Crippen molar-refractivity contribution in [2.45, 2.75) is 32.1 Å². The maximum atomic E-state index is 13.8. The Bertz CT molecular complexity index is 1350. The van der Waals surface area contributed by atoms with Gasteiger partial charge < -0.3 is 15.0 Å². The van der Waals surface area contributed by atoms with Gasteiger partial charge in [-0.15, -0.1) is 11.3 Å². The molecule has 1 aliphatic rings. The molecular formula is C27H26N4O3S. The molecule has 0 saturated heterocycles. The van der Waals surface area contributed by atoms with Crippen LogP contribution in [0.3, 0.4) is 0 Å². The van der Waals surface area contributed by atoms with Crippen LogP contribution in [0, 0.1) is 0 Å². The average molecular weight is 487 g/mol. The lowest BCUT2D eigenvalue weighted by atomic mass is 9.94. The highest BCUT2D eigenvalue weighted by Crippen LogP contribution is 2.33. The number of rotatable bonds is 7. The molecule has 1 atom stereocenters. The molecule has 5 rings (SSSR count). The van der Waals surface area contributed by atoms with E-state index in [1.54, 1.807) is 35.0 Å². The van der Waals surface area contributed by atoms with Crippen LogP contribution < -0.4 is 10.1 Å². The number of thiophene rings is 1. The van der Waals surface area contributed by atoms with Crippen molar-refractivity contribution >= 4 is 23.2 Å². The molecule has 0 radical (unpaired) electrons. The lowest BCUT2D eigenvalue weighted by Crippen LogP contribution is -2.63. The van der Waals surface area contributed by atoms with Crippen molar-refractivity contribution in [2.24, 2.45) is 0 Å². The van der Waals surface area contributed by atoms with Crippen LogP contribution in [0.25, 0.3) is 10.6 Å². The second-order valence-electron chi connectivity index (χ2n) is 8.73. The van der Waals surface area contributed by atoms with E-state index in [-0.39, 0.29) is 24.9 Å². The standard InChI is InChI=1S/C27H26N4O3S/c1-27(26(33)28-16-19-8-4-3-5-9-19)18-31-23(15-22(29-31)24-12-7-13-35-24)25(32)30(27)17-20-10-6-11-21(14-20)34-2/h3-15H,16-18H2,1-2H3,(H,28,33)/t27-/m1/s1. The van der Waals surface area contributed by atoms with Gasteiger partial charge in [0.05, 0.1) is 18.5 Å². The summed E-state index contributed by atoms with van der Waals surface area (Å²) in [5.74, 6) is 0.246. The second kappa shape index (κ2) is 9.38. The molecule has 4 aromatic rings. The molecule has 1 N–H and O–H groups in total. The number of nitrogens with zero attached hydrogens (tertiary/aromatic N) is 3. The normalized spacial score (nSPS) is 17.2. The number of aromatic nitrogens is 2. The van der Waals surface area contributed by atoms with Crippen molar-refractivity contribution < 1.29 is 14.3 Å². The third-order valence-corrected chi connectivity index (χ3v) is 7.22. The fourth-order valence-corrected chi connectivity index (χ4v) is 5.04. The summed E-state index contributed by atoms with van der Waals surface area (Å²) in [4.78, 5) is 30.1. The summed E-state index contributed by atoms with van der Waals surface area (Å²) in [7, 11) is 1.61. The van der Waals surface area contributed by atoms with Crippen LogP contribution in [-0.4, -0.2) is 39.1 Å². The van der Waals surface area contributed by atoms with E-state index in [0.717, 1.165) is 21.7 Å². The molecular weight excluding hydrogens is 460 g/mol. The topological polar surface area (TPSA) is 76.5 Å². The average Bonchev–Trinajstić information content (AvgIpc) is 3.56. The summed E-state index contributed by atoms with van der Waals surface area (Å²) < 4.78 is 7.03.